The number of thiophene rings is 1. The fourth-order valence-corrected chi connectivity index (χ4v) is 3.48. The van der Waals surface area contributed by atoms with Crippen LogP contribution < -0.4 is 5.32 Å². The molecule has 1 amide bonds. The monoisotopic (exact) mass is 347 g/mol. The number of amides is 1. The van der Waals surface area contributed by atoms with Crippen LogP contribution in [0.3, 0.4) is 0 Å². The molecule has 6 heteroatoms. The number of hydrogen-bond acceptors (Lipinski definition) is 2. The van der Waals surface area contributed by atoms with Crippen LogP contribution in [0.1, 0.15) is 22.8 Å². The molecule has 0 fully saturated rings. The Morgan fingerprint density at radius 3 is 2.45 bits per heavy atom. The van der Waals surface area contributed by atoms with Crippen molar-refractivity contribution in [3.63, 3.8) is 0 Å². The first-order valence-corrected chi connectivity index (χ1v) is 7.96. The molecule has 1 N–H and O–H groups in total. The van der Waals surface area contributed by atoms with Crippen LogP contribution in [0.4, 0.5) is 0 Å². The van der Waals surface area contributed by atoms with Crippen molar-refractivity contribution >= 4 is 52.0 Å². The number of nitrogens with one attached hydrogen (secondary N) is 1. The van der Waals surface area contributed by atoms with Crippen LogP contribution >= 0.6 is 46.1 Å². The molecule has 1 aromatic heterocycles. The van der Waals surface area contributed by atoms with E-state index in [9.17, 15) is 4.79 Å². The van der Waals surface area contributed by atoms with E-state index in [2.05, 4.69) is 5.32 Å². The van der Waals surface area contributed by atoms with Crippen molar-refractivity contribution in [2.45, 2.75) is 12.5 Å². The van der Waals surface area contributed by atoms with Crippen molar-refractivity contribution in [3.05, 3.63) is 56.2 Å². The smallest absolute Gasteiger partial charge is 0.254 e. The molecule has 0 saturated heterocycles. The number of benzene rings is 1. The number of halogens is 3. The maximum atomic E-state index is 12.3. The Kier molecular flexibility index (Phi) is 4.97. The second kappa shape index (κ2) is 6.35. The Morgan fingerprint density at radius 2 is 1.95 bits per heavy atom. The van der Waals surface area contributed by atoms with Crippen LogP contribution in [0.2, 0.25) is 8.67 Å². The van der Waals surface area contributed by atoms with Crippen LogP contribution in [-0.4, -0.2) is 11.8 Å². The van der Waals surface area contributed by atoms with Gasteiger partial charge in [0.2, 0.25) is 0 Å². The van der Waals surface area contributed by atoms with E-state index in [1.54, 1.807) is 6.07 Å². The lowest BCUT2D eigenvalue weighted by atomic mass is 9.94. The summed E-state index contributed by atoms with van der Waals surface area (Å²) in [5.74, 6) is -0.0386. The Hall–Kier alpha value is -0.740. The molecule has 1 heterocycles. The summed E-state index contributed by atoms with van der Waals surface area (Å²) >= 11 is 19.1. The van der Waals surface area contributed by atoms with E-state index in [-0.39, 0.29) is 11.8 Å². The molecule has 0 radical (unpaired) electrons. The van der Waals surface area contributed by atoms with E-state index in [1.165, 1.54) is 0 Å². The molecule has 0 saturated carbocycles. The summed E-state index contributed by atoms with van der Waals surface area (Å²) in [5.41, 5.74) is 0.632. The molecule has 1 aromatic carbocycles. The zero-order valence-corrected chi connectivity index (χ0v) is 13.7. The van der Waals surface area contributed by atoms with Crippen molar-refractivity contribution < 1.29 is 4.79 Å². The average molecular weight is 349 g/mol. The molecule has 2 nitrogen and oxygen atoms in total. The van der Waals surface area contributed by atoms with Crippen molar-refractivity contribution in [1.82, 2.24) is 5.32 Å². The van der Waals surface area contributed by atoms with Crippen molar-refractivity contribution in [2.24, 2.45) is 0 Å². The third kappa shape index (κ3) is 3.29. The molecule has 0 aliphatic heterocycles. The summed E-state index contributed by atoms with van der Waals surface area (Å²) in [6.07, 6.45) is 0. The highest BCUT2D eigenvalue weighted by molar-refractivity contribution is 7.20. The lowest BCUT2D eigenvalue weighted by Crippen LogP contribution is -2.45. The molecule has 0 aliphatic rings. The maximum Gasteiger partial charge on any atom is 0.254 e. The fourth-order valence-electron chi connectivity index (χ4n) is 1.80. The topological polar surface area (TPSA) is 29.1 Å². The van der Waals surface area contributed by atoms with Crippen molar-refractivity contribution in [2.75, 3.05) is 5.88 Å². The summed E-state index contributed by atoms with van der Waals surface area (Å²) in [7, 11) is 0. The van der Waals surface area contributed by atoms with Crippen molar-refractivity contribution in [1.29, 1.82) is 0 Å². The second-order valence-electron chi connectivity index (χ2n) is 4.52. The van der Waals surface area contributed by atoms with Crippen LogP contribution in [0.25, 0.3) is 0 Å². The summed E-state index contributed by atoms with van der Waals surface area (Å²) in [5, 5.41) is 2.92. The van der Waals surface area contributed by atoms with Gasteiger partial charge in [0.05, 0.1) is 15.4 Å². The summed E-state index contributed by atoms with van der Waals surface area (Å²) in [4.78, 5) is 12.3. The zero-order valence-electron chi connectivity index (χ0n) is 10.6. The second-order valence-corrected chi connectivity index (χ2v) is 7.08. The average Bonchev–Trinajstić information content (AvgIpc) is 2.78. The minimum atomic E-state index is -0.669. The van der Waals surface area contributed by atoms with Gasteiger partial charge in [-0.05, 0) is 18.6 Å². The Morgan fingerprint density at radius 1 is 1.30 bits per heavy atom. The highest BCUT2D eigenvalue weighted by Gasteiger charge is 2.29. The van der Waals surface area contributed by atoms with Gasteiger partial charge in [-0.2, -0.15) is 0 Å². The largest absolute Gasteiger partial charge is 0.342 e. The molecule has 20 heavy (non-hydrogen) atoms. The van der Waals surface area contributed by atoms with Crippen LogP contribution in [0.5, 0.6) is 0 Å². The van der Waals surface area contributed by atoms with Crippen molar-refractivity contribution in [3.8, 4) is 0 Å². The molecule has 2 rings (SSSR count). The molecule has 0 bridgehead atoms. The number of hydrogen-bond donors (Lipinski definition) is 1. The van der Waals surface area contributed by atoms with E-state index >= 15 is 0 Å². The minimum absolute atomic E-state index is 0.248. The highest BCUT2D eigenvalue weighted by Crippen LogP contribution is 2.32. The highest BCUT2D eigenvalue weighted by atomic mass is 35.5. The van der Waals surface area contributed by atoms with Gasteiger partial charge in [-0.1, -0.05) is 53.5 Å². The number of carbonyl (C=O) groups is 1. The predicted octanol–water partition coefficient (Wildman–Crippen LogP) is 4.94. The molecule has 0 spiro atoms. The van der Waals surface area contributed by atoms with Gasteiger partial charge >= 0.3 is 0 Å². The molecular formula is C14H12Cl3NOS. The third-order valence-corrected chi connectivity index (χ3v) is 4.99. The number of carbonyl (C=O) groups excluding carboxylic acids is 1. The fraction of sp³-hybridized carbons (Fsp3) is 0.214. The molecule has 1 atom stereocenters. The van der Waals surface area contributed by atoms with Crippen LogP contribution in [-0.2, 0) is 5.54 Å². The summed E-state index contributed by atoms with van der Waals surface area (Å²) in [6.45, 7) is 1.87. The SMILES string of the molecule is CC(CCl)(NC(=O)c1cc(Cl)sc1Cl)c1ccccc1. The standard InChI is InChI=1S/C14H12Cl3NOS/c1-14(8-15,9-5-3-2-4-6-9)18-13(19)10-7-11(16)20-12(10)17/h2-7H,8H2,1H3,(H,18,19). The van der Waals surface area contributed by atoms with E-state index < -0.39 is 5.54 Å². The number of rotatable bonds is 4. The van der Waals surface area contributed by atoms with Crippen LogP contribution in [0.15, 0.2) is 36.4 Å². The van der Waals surface area contributed by atoms with E-state index in [0.717, 1.165) is 16.9 Å². The Balaban J connectivity index is 2.26. The van der Waals surface area contributed by atoms with Gasteiger partial charge in [-0.25, -0.2) is 0 Å². The summed E-state index contributed by atoms with van der Waals surface area (Å²) < 4.78 is 0.852. The minimum Gasteiger partial charge on any atom is -0.342 e. The first-order chi connectivity index (χ1) is 9.46. The molecule has 106 valence electrons. The molecule has 2 aromatic rings. The van der Waals surface area contributed by atoms with Gasteiger partial charge in [-0.3, -0.25) is 4.79 Å². The maximum absolute atomic E-state index is 12.3. The Bertz CT molecular complexity index is 614. The lowest BCUT2D eigenvalue weighted by Gasteiger charge is -2.29. The van der Waals surface area contributed by atoms with Gasteiger partial charge in [0.15, 0.2) is 0 Å². The first kappa shape index (κ1) is 15.6. The quantitative estimate of drug-likeness (QED) is 0.779. The zero-order chi connectivity index (χ0) is 14.8. The third-order valence-electron chi connectivity index (χ3n) is 2.97. The van der Waals surface area contributed by atoms with Gasteiger partial charge in [-0.15, -0.1) is 22.9 Å². The first-order valence-electron chi connectivity index (χ1n) is 5.85. The lowest BCUT2D eigenvalue weighted by molar-refractivity contribution is 0.0914. The molecule has 0 aliphatic carbocycles. The normalized spacial score (nSPS) is 13.8. The van der Waals surface area contributed by atoms with Gasteiger partial charge < -0.3 is 5.32 Å². The molecular weight excluding hydrogens is 337 g/mol. The molecule has 1 unspecified atom stereocenters. The predicted molar refractivity (Wildman–Crippen MR) is 86.3 cm³/mol. The van der Waals surface area contributed by atoms with Crippen LogP contribution in [0, 0.1) is 0 Å². The number of alkyl halides is 1. The van der Waals surface area contributed by atoms with Gasteiger partial charge in [0, 0.05) is 5.88 Å². The van der Waals surface area contributed by atoms with Gasteiger partial charge in [0.1, 0.15) is 4.34 Å². The Labute approximate surface area is 136 Å². The van der Waals surface area contributed by atoms with E-state index in [4.69, 9.17) is 34.8 Å². The van der Waals surface area contributed by atoms with Gasteiger partial charge in [0.25, 0.3) is 5.91 Å². The van der Waals surface area contributed by atoms with E-state index in [1.807, 2.05) is 37.3 Å². The van der Waals surface area contributed by atoms with E-state index in [0.29, 0.717) is 14.2 Å². The summed E-state index contributed by atoms with van der Waals surface area (Å²) in [6, 6.07) is 11.1.